The van der Waals surface area contributed by atoms with Gasteiger partial charge in [-0.15, -0.1) is 0 Å². The summed E-state index contributed by atoms with van der Waals surface area (Å²) in [6.07, 6.45) is 2.22. The molecule has 0 N–H and O–H groups in total. The van der Waals surface area contributed by atoms with Gasteiger partial charge in [-0.3, -0.25) is 0 Å². The Kier molecular flexibility index (Phi) is 13.4. The average molecular weight is 549 g/mol. The lowest BCUT2D eigenvalue weighted by atomic mass is 9.93. The SMILES string of the molecule is [2H]CCOP(OCCC#N)OC[C@H]1O[C@@H]([B])[C@@H](O[Si](C)(C)C(C)(C)C)C1OP(=C)(OC)OCCC#N. The van der Waals surface area contributed by atoms with E-state index >= 15 is 0 Å². The largest absolute Gasteiger partial charge is 0.409 e. The molecule has 2 radical (unpaired) electrons. The summed E-state index contributed by atoms with van der Waals surface area (Å²) in [5, 5.41) is 17.5. The zero-order valence-corrected chi connectivity index (χ0v) is 24.4. The molecule has 1 fully saturated rings. The van der Waals surface area contributed by atoms with Gasteiger partial charge in [0.1, 0.15) is 20.1 Å². The van der Waals surface area contributed by atoms with Gasteiger partial charge < -0.3 is 36.3 Å². The summed E-state index contributed by atoms with van der Waals surface area (Å²) in [7, 11) is 0.578. The lowest BCUT2D eigenvalue weighted by Crippen LogP contribution is -2.50. The Balaban J connectivity index is 3.13. The molecular weight excluding hydrogens is 509 g/mol. The molecule has 0 spiro atoms. The molecule has 6 atom stereocenters. The van der Waals surface area contributed by atoms with Crippen LogP contribution in [0.1, 0.15) is 41.9 Å². The fourth-order valence-electron chi connectivity index (χ4n) is 2.70. The number of hydrogen-bond donors (Lipinski definition) is 0. The van der Waals surface area contributed by atoms with Crippen molar-refractivity contribution in [2.75, 3.05) is 33.5 Å². The number of hydrogen-bond acceptors (Lipinski definition) is 10. The van der Waals surface area contributed by atoms with E-state index in [-0.39, 0.29) is 51.2 Å². The van der Waals surface area contributed by atoms with Crippen LogP contribution in [-0.2, 0) is 36.3 Å². The molecule has 0 aromatic rings. The summed E-state index contributed by atoms with van der Waals surface area (Å²) < 4.78 is 54.2. The number of nitrogens with zero attached hydrogens (tertiary/aromatic N) is 2. The highest BCUT2D eigenvalue weighted by molar-refractivity contribution is 7.59. The molecule has 0 aromatic carbocycles. The van der Waals surface area contributed by atoms with Crippen molar-refractivity contribution in [2.24, 2.45) is 0 Å². The summed E-state index contributed by atoms with van der Waals surface area (Å²) in [4.78, 5) is 0. The van der Waals surface area contributed by atoms with Crippen molar-refractivity contribution in [1.82, 2.24) is 0 Å². The van der Waals surface area contributed by atoms with Crippen molar-refractivity contribution in [3.63, 3.8) is 0 Å². The Bertz CT molecular complexity index is 795. The second-order valence-corrected chi connectivity index (χ2v) is 17.2. The quantitative estimate of drug-likeness (QED) is 0.153. The smallest absolute Gasteiger partial charge is 0.332 e. The molecule has 14 heteroatoms. The molecule has 0 aliphatic carbocycles. The Morgan fingerprint density at radius 1 is 1.14 bits per heavy atom. The van der Waals surface area contributed by atoms with Gasteiger partial charge in [-0.05, 0) is 31.3 Å². The third kappa shape index (κ3) is 10.5. The second-order valence-electron chi connectivity index (χ2n) is 9.18. The van der Waals surface area contributed by atoms with Crippen LogP contribution in [0.25, 0.3) is 0 Å². The van der Waals surface area contributed by atoms with Crippen molar-refractivity contribution in [2.45, 2.75) is 83.0 Å². The molecule has 1 heterocycles. The Morgan fingerprint density at radius 3 is 2.37 bits per heavy atom. The minimum atomic E-state index is -3.10. The molecule has 1 aliphatic heterocycles. The predicted molar refractivity (Wildman–Crippen MR) is 139 cm³/mol. The van der Waals surface area contributed by atoms with E-state index in [1.54, 1.807) is 0 Å². The molecule has 1 rings (SSSR count). The van der Waals surface area contributed by atoms with Crippen molar-refractivity contribution in [3.05, 3.63) is 0 Å². The monoisotopic (exact) mass is 549 g/mol. The molecule has 10 nitrogen and oxygen atoms in total. The molecule has 35 heavy (non-hydrogen) atoms. The number of nitriles is 2. The fourth-order valence-corrected chi connectivity index (χ4v) is 6.13. The van der Waals surface area contributed by atoms with Crippen molar-refractivity contribution < 1.29 is 37.7 Å². The van der Waals surface area contributed by atoms with Crippen molar-refractivity contribution >= 4 is 38.6 Å². The van der Waals surface area contributed by atoms with Crippen LogP contribution in [0, 0.1) is 22.7 Å². The Labute approximate surface area is 215 Å². The van der Waals surface area contributed by atoms with E-state index in [4.69, 9.17) is 56.0 Å². The lowest BCUT2D eigenvalue weighted by molar-refractivity contribution is -0.00584. The average Bonchev–Trinajstić information content (AvgIpc) is 3.08. The van der Waals surface area contributed by atoms with E-state index in [1.165, 1.54) is 7.11 Å². The van der Waals surface area contributed by atoms with Crippen LogP contribution in [0.15, 0.2) is 0 Å². The van der Waals surface area contributed by atoms with Crippen molar-refractivity contribution in [1.29, 1.82) is 10.5 Å². The number of rotatable bonds is 16. The number of ether oxygens (including phenoxy) is 1. The standard InChI is InChI=1S/C21H39BN2O8P2Si/c1-9-26-33(27-14-10-12-23)28-16-17-18(31-34(6,25-5)29-15-11-13-24)19(20(22)30-17)32-35(7,8)21(2,3)4/h17-20H,6,9-11,14-16H2,1-5,7-8H3/t17-,18?,19+,20-,33?,34?/m1/s1/i1D. The van der Waals surface area contributed by atoms with E-state index in [1.807, 2.05) is 12.1 Å². The molecule has 0 amide bonds. The van der Waals surface area contributed by atoms with Gasteiger partial charge in [0.2, 0.25) is 0 Å². The Hall–Kier alpha value is -0.328. The van der Waals surface area contributed by atoms with Crippen LogP contribution in [0.3, 0.4) is 0 Å². The highest BCUT2D eigenvalue weighted by Crippen LogP contribution is 2.52. The summed E-state index contributed by atoms with van der Waals surface area (Å²) in [6, 6.07) is 3.19. The molecule has 3 unspecified atom stereocenters. The van der Waals surface area contributed by atoms with Gasteiger partial charge in [0.05, 0.1) is 57.5 Å². The van der Waals surface area contributed by atoms with E-state index in [2.05, 4.69) is 40.2 Å². The van der Waals surface area contributed by atoms with E-state index in [0.717, 1.165) is 0 Å². The summed E-state index contributed by atoms with van der Waals surface area (Å²) in [5.41, 5.74) is 0. The van der Waals surface area contributed by atoms with Gasteiger partial charge in [0.15, 0.2) is 8.32 Å². The van der Waals surface area contributed by atoms with E-state index < -0.39 is 48.8 Å². The summed E-state index contributed by atoms with van der Waals surface area (Å²) in [6.45, 7) is 10.9. The minimum absolute atomic E-state index is 0.0199. The second kappa shape index (κ2) is 15.2. The first-order valence-electron chi connectivity index (χ1n) is 12.0. The van der Waals surface area contributed by atoms with Crippen LogP contribution >= 0.6 is 16.2 Å². The maximum Gasteiger partial charge on any atom is 0.332 e. The lowest BCUT2D eigenvalue weighted by Gasteiger charge is -2.41. The van der Waals surface area contributed by atoms with Gasteiger partial charge in [0.25, 0.3) is 7.57 Å². The molecular formula is C21H39BN2O8P2Si. The fraction of sp³-hybridized carbons (Fsp3) is 0.857. The van der Waals surface area contributed by atoms with E-state index in [0.29, 0.717) is 0 Å². The Morgan fingerprint density at radius 2 is 1.80 bits per heavy atom. The van der Waals surface area contributed by atoms with Gasteiger partial charge in [-0.1, -0.05) is 20.8 Å². The summed E-state index contributed by atoms with van der Waals surface area (Å²) in [5.74, 6) is 0. The third-order valence-electron chi connectivity index (χ3n) is 5.60. The highest BCUT2D eigenvalue weighted by Gasteiger charge is 2.50. The first-order valence-corrected chi connectivity index (χ1v) is 17.0. The molecule has 1 aliphatic rings. The zero-order chi connectivity index (χ0) is 27.4. The first kappa shape index (κ1) is 30.9. The third-order valence-corrected chi connectivity index (χ3v) is 12.9. The van der Waals surface area contributed by atoms with Crippen LogP contribution in [-0.4, -0.2) is 80.3 Å². The normalized spacial score (nSPS) is 25.9. The van der Waals surface area contributed by atoms with Crippen LogP contribution in [0.4, 0.5) is 0 Å². The zero-order valence-electron chi connectivity index (χ0n) is 22.6. The minimum Gasteiger partial charge on any atom is -0.409 e. The predicted octanol–water partition coefficient (Wildman–Crippen LogP) is 4.64. The maximum atomic E-state index is 8.86. The van der Waals surface area contributed by atoms with Crippen LogP contribution in [0.2, 0.25) is 18.1 Å². The topological polar surface area (TPSA) is 121 Å². The maximum absolute atomic E-state index is 8.86. The van der Waals surface area contributed by atoms with Crippen LogP contribution in [0.5, 0.6) is 0 Å². The van der Waals surface area contributed by atoms with Crippen molar-refractivity contribution in [3.8, 4) is 12.1 Å². The molecule has 0 saturated carbocycles. The molecule has 198 valence electrons. The molecule has 0 bridgehead atoms. The van der Waals surface area contributed by atoms with Crippen LogP contribution < -0.4 is 0 Å². The molecule has 0 aromatic heterocycles. The van der Waals surface area contributed by atoms with E-state index in [9.17, 15) is 0 Å². The summed E-state index contributed by atoms with van der Waals surface area (Å²) >= 11 is 0. The van der Waals surface area contributed by atoms with Gasteiger partial charge >= 0.3 is 8.60 Å². The first-order chi connectivity index (χ1) is 16.8. The highest BCUT2D eigenvalue weighted by atomic mass is 31.2. The molecule has 1 saturated heterocycles. The van der Waals surface area contributed by atoms with Gasteiger partial charge in [-0.2, -0.15) is 10.5 Å². The van der Waals surface area contributed by atoms with Gasteiger partial charge in [-0.25, -0.2) is 0 Å². The van der Waals surface area contributed by atoms with Gasteiger partial charge in [0, 0.05) is 14.5 Å².